The standard InChI is InChI=1S/C9H11NS/c1-6-5-10-7(2)9-8(6)3-4-11-9/h3-4,6H,5H2,1-2H3/t6-/m0/s1. The average Bonchev–Trinajstić information content (AvgIpc) is 2.45. The van der Waals surface area contributed by atoms with Gasteiger partial charge in [0.15, 0.2) is 0 Å². The second-order valence-electron chi connectivity index (χ2n) is 3.03. The lowest BCUT2D eigenvalue weighted by Crippen LogP contribution is -2.10. The van der Waals surface area contributed by atoms with Crippen molar-refractivity contribution in [3.8, 4) is 0 Å². The molecule has 58 valence electrons. The van der Waals surface area contributed by atoms with Crippen LogP contribution in [0.3, 0.4) is 0 Å². The molecule has 0 aromatic carbocycles. The van der Waals surface area contributed by atoms with Crippen LogP contribution in [0.2, 0.25) is 0 Å². The van der Waals surface area contributed by atoms with Gasteiger partial charge in [-0.2, -0.15) is 0 Å². The molecule has 2 heteroatoms. The molecule has 0 saturated heterocycles. The van der Waals surface area contributed by atoms with Crippen LogP contribution in [0.5, 0.6) is 0 Å². The van der Waals surface area contributed by atoms with Crippen LogP contribution in [-0.2, 0) is 0 Å². The molecule has 1 nitrogen and oxygen atoms in total. The van der Waals surface area contributed by atoms with Crippen LogP contribution in [0, 0.1) is 0 Å². The average molecular weight is 165 g/mol. The summed E-state index contributed by atoms with van der Waals surface area (Å²) in [5.41, 5.74) is 2.70. The summed E-state index contributed by atoms with van der Waals surface area (Å²) in [6.45, 7) is 5.30. The maximum Gasteiger partial charge on any atom is 0.0513 e. The molecule has 0 aliphatic carbocycles. The third-order valence-electron chi connectivity index (χ3n) is 2.16. The maximum absolute atomic E-state index is 4.45. The van der Waals surface area contributed by atoms with E-state index in [9.17, 15) is 0 Å². The molecule has 0 bridgehead atoms. The minimum absolute atomic E-state index is 0.625. The predicted octanol–water partition coefficient (Wildman–Crippen LogP) is 2.67. The lowest BCUT2D eigenvalue weighted by Gasteiger charge is -2.15. The Morgan fingerprint density at radius 2 is 2.45 bits per heavy atom. The second kappa shape index (κ2) is 2.45. The van der Waals surface area contributed by atoms with E-state index in [1.807, 2.05) is 0 Å². The Kier molecular flexibility index (Phi) is 1.57. The van der Waals surface area contributed by atoms with Crippen LogP contribution in [0.1, 0.15) is 30.2 Å². The molecule has 0 amide bonds. The first-order chi connectivity index (χ1) is 5.29. The maximum atomic E-state index is 4.45. The molecular weight excluding hydrogens is 154 g/mol. The number of thiophene rings is 1. The molecule has 2 rings (SSSR count). The fraction of sp³-hybridized carbons (Fsp3) is 0.444. The summed E-state index contributed by atoms with van der Waals surface area (Å²) < 4.78 is 0. The van der Waals surface area contributed by atoms with E-state index >= 15 is 0 Å². The van der Waals surface area contributed by atoms with E-state index in [-0.39, 0.29) is 0 Å². The zero-order chi connectivity index (χ0) is 7.84. The summed E-state index contributed by atoms with van der Waals surface area (Å²) >= 11 is 1.81. The minimum atomic E-state index is 0.625. The van der Waals surface area contributed by atoms with E-state index in [0.29, 0.717) is 5.92 Å². The van der Waals surface area contributed by atoms with Crippen molar-refractivity contribution < 1.29 is 0 Å². The summed E-state index contributed by atoms with van der Waals surface area (Å²) in [5.74, 6) is 0.625. The van der Waals surface area contributed by atoms with Crippen LogP contribution in [-0.4, -0.2) is 12.3 Å². The quantitative estimate of drug-likeness (QED) is 0.560. The molecule has 0 saturated carbocycles. The molecule has 1 aliphatic heterocycles. The van der Waals surface area contributed by atoms with Gasteiger partial charge in [-0.3, -0.25) is 4.99 Å². The number of hydrogen-bond acceptors (Lipinski definition) is 2. The summed E-state index contributed by atoms with van der Waals surface area (Å²) in [5, 5.41) is 2.16. The summed E-state index contributed by atoms with van der Waals surface area (Å²) in [6, 6.07) is 2.23. The molecule has 0 fully saturated rings. The highest BCUT2D eigenvalue weighted by molar-refractivity contribution is 7.12. The van der Waals surface area contributed by atoms with Gasteiger partial charge in [0, 0.05) is 18.2 Å². The van der Waals surface area contributed by atoms with Crippen molar-refractivity contribution in [2.45, 2.75) is 19.8 Å². The van der Waals surface area contributed by atoms with Crippen molar-refractivity contribution in [2.75, 3.05) is 6.54 Å². The van der Waals surface area contributed by atoms with Crippen LogP contribution >= 0.6 is 11.3 Å². The first-order valence-corrected chi connectivity index (χ1v) is 4.76. The van der Waals surface area contributed by atoms with Gasteiger partial charge in [-0.05, 0) is 23.9 Å². The van der Waals surface area contributed by atoms with E-state index in [1.165, 1.54) is 16.2 Å². The second-order valence-corrected chi connectivity index (χ2v) is 3.95. The Bertz CT molecular complexity index is 298. The largest absolute Gasteiger partial charge is 0.288 e. The SMILES string of the molecule is CC1=NC[C@H](C)c2ccsc21. The molecule has 0 radical (unpaired) electrons. The normalized spacial score (nSPS) is 22.7. The van der Waals surface area contributed by atoms with Gasteiger partial charge in [0.05, 0.1) is 4.88 Å². The molecule has 1 aliphatic rings. The van der Waals surface area contributed by atoms with Gasteiger partial charge in [-0.1, -0.05) is 6.92 Å². The molecule has 0 unspecified atom stereocenters. The summed E-state index contributed by atoms with van der Waals surface area (Å²) in [4.78, 5) is 5.84. The monoisotopic (exact) mass is 165 g/mol. The van der Waals surface area contributed by atoms with E-state index in [0.717, 1.165) is 6.54 Å². The fourth-order valence-electron chi connectivity index (χ4n) is 1.45. The molecule has 2 heterocycles. The van der Waals surface area contributed by atoms with E-state index < -0.39 is 0 Å². The van der Waals surface area contributed by atoms with Crippen molar-refractivity contribution in [1.82, 2.24) is 0 Å². The Morgan fingerprint density at radius 1 is 1.64 bits per heavy atom. The van der Waals surface area contributed by atoms with Gasteiger partial charge < -0.3 is 0 Å². The molecule has 1 aromatic rings. The minimum Gasteiger partial charge on any atom is -0.288 e. The van der Waals surface area contributed by atoms with Crippen molar-refractivity contribution in [2.24, 2.45) is 4.99 Å². The number of fused-ring (bicyclic) bond motifs is 1. The lowest BCUT2D eigenvalue weighted by atomic mass is 9.98. The van der Waals surface area contributed by atoms with Gasteiger partial charge >= 0.3 is 0 Å². The van der Waals surface area contributed by atoms with Crippen LogP contribution in [0.15, 0.2) is 16.4 Å². The van der Waals surface area contributed by atoms with Crippen molar-refractivity contribution in [1.29, 1.82) is 0 Å². The Balaban J connectivity index is 2.55. The molecule has 11 heavy (non-hydrogen) atoms. The highest BCUT2D eigenvalue weighted by Crippen LogP contribution is 2.29. The van der Waals surface area contributed by atoms with E-state index in [1.54, 1.807) is 11.3 Å². The first-order valence-electron chi connectivity index (χ1n) is 3.88. The molecule has 1 aromatic heterocycles. The Labute approximate surface area is 70.8 Å². The smallest absolute Gasteiger partial charge is 0.0513 e. The van der Waals surface area contributed by atoms with Gasteiger partial charge in [-0.15, -0.1) is 11.3 Å². The van der Waals surface area contributed by atoms with Crippen LogP contribution in [0.4, 0.5) is 0 Å². The molecule has 0 spiro atoms. The number of nitrogens with zero attached hydrogens (tertiary/aromatic N) is 1. The summed E-state index contributed by atoms with van der Waals surface area (Å²) in [7, 11) is 0. The predicted molar refractivity (Wildman–Crippen MR) is 49.8 cm³/mol. The van der Waals surface area contributed by atoms with Gasteiger partial charge in [0.1, 0.15) is 0 Å². The number of aliphatic imine (C=N–C) groups is 1. The van der Waals surface area contributed by atoms with Crippen molar-refractivity contribution in [3.05, 3.63) is 21.9 Å². The topological polar surface area (TPSA) is 12.4 Å². The number of rotatable bonds is 0. The van der Waals surface area contributed by atoms with Gasteiger partial charge in [0.25, 0.3) is 0 Å². The third kappa shape index (κ3) is 1.02. The third-order valence-corrected chi connectivity index (χ3v) is 3.20. The molecule has 1 atom stereocenters. The first kappa shape index (κ1) is 7.04. The Hall–Kier alpha value is -0.630. The van der Waals surface area contributed by atoms with E-state index in [2.05, 4.69) is 30.3 Å². The van der Waals surface area contributed by atoms with Crippen molar-refractivity contribution in [3.63, 3.8) is 0 Å². The van der Waals surface area contributed by atoms with Gasteiger partial charge in [0.2, 0.25) is 0 Å². The highest BCUT2D eigenvalue weighted by atomic mass is 32.1. The van der Waals surface area contributed by atoms with Crippen molar-refractivity contribution >= 4 is 17.0 Å². The van der Waals surface area contributed by atoms with E-state index in [4.69, 9.17) is 0 Å². The molecular formula is C9H11NS. The molecule has 0 N–H and O–H groups in total. The Morgan fingerprint density at radius 3 is 3.18 bits per heavy atom. The summed E-state index contributed by atoms with van der Waals surface area (Å²) in [6.07, 6.45) is 0. The van der Waals surface area contributed by atoms with Crippen LogP contribution < -0.4 is 0 Å². The highest BCUT2D eigenvalue weighted by Gasteiger charge is 2.17. The zero-order valence-corrected chi connectivity index (χ0v) is 7.61. The fourth-order valence-corrected chi connectivity index (χ4v) is 2.44. The lowest BCUT2D eigenvalue weighted by molar-refractivity contribution is 0.765. The van der Waals surface area contributed by atoms with Crippen LogP contribution in [0.25, 0.3) is 0 Å². The zero-order valence-electron chi connectivity index (χ0n) is 6.79. The van der Waals surface area contributed by atoms with Gasteiger partial charge in [-0.25, -0.2) is 0 Å². The number of hydrogen-bond donors (Lipinski definition) is 0.